The molecule has 0 saturated carbocycles. The molecule has 1 heterocycles. The van der Waals surface area contributed by atoms with Crippen LogP contribution in [0.4, 0.5) is 5.69 Å². The number of ether oxygens (including phenoxy) is 2. The summed E-state index contributed by atoms with van der Waals surface area (Å²) in [5.74, 6) is 1.55. The molecule has 0 aliphatic rings. The van der Waals surface area contributed by atoms with Gasteiger partial charge in [-0.1, -0.05) is 32.0 Å². The Morgan fingerprint density at radius 2 is 1.93 bits per heavy atom. The van der Waals surface area contributed by atoms with Gasteiger partial charge < -0.3 is 14.8 Å². The number of thiazole rings is 1. The minimum absolute atomic E-state index is 0.229. The monoisotopic (exact) mass is 382 g/mol. The summed E-state index contributed by atoms with van der Waals surface area (Å²) in [5, 5.41) is 5.35. The Morgan fingerprint density at radius 3 is 2.63 bits per heavy atom. The van der Waals surface area contributed by atoms with Crippen molar-refractivity contribution in [3.8, 4) is 22.1 Å². The Morgan fingerprint density at radius 1 is 1.15 bits per heavy atom. The summed E-state index contributed by atoms with van der Waals surface area (Å²) < 4.78 is 11.2. The molecule has 0 radical (unpaired) electrons. The topological polar surface area (TPSA) is 60.5 Å². The number of hydrogen-bond donors (Lipinski definition) is 1. The van der Waals surface area contributed by atoms with E-state index >= 15 is 0 Å². The lowest BCUT2D eigenvalue weighted by Crippen LogP contribution is -2.12. The summed E-state index contributed by atoms with van der Waals surface area (Å²) >= 11 is 1.42. The van der Waals surface area contributed by atoms with E-state index in [4.69, 9.17) is 9.47 Å². The minimum Gasteiger partial charge on any atom is -0.493 e. The number of anilines is 1. The van der Waals surface area contributed by atoms with Gasteiger partial charge in [0.25, 0.3) is 5.91 Å². The summed E-state index contributed by atoms with van der Waals surface area (Å²) in [6.07, 6.45) is 0. The third-order valence-electron chi connectivity index (χ3n) is 3.75. The van der Waals surface area contributed by atoms with Crippen molar-refractivity contribution in [3.05, 3.63) is 59.6 Å². The molecule has 0 unspecified atom stereocenters. The average Bonchev–Trinajstić information content (AvgIpc) is 3.17. The third-order valence-corrected chi connectivity index (χ3v) is 4.64. The molecule has 1 amide bonds. The van der Waals surface area contributed by atoms with Crippen molar-refractivity contribution in [2.24, 2.45) is 5.92 Å². The number of amides is 1. The molecule has 0 bridgehead atoms. The fraction of sp³-hybridized carbons (Fsp3) is 0.238. The number of rotatable bonds is 7. The predicted octanol–water partition coefficient (Wildman–Crippen LogP) is 5.11. The van der Waals surface area contributed by atoms with Crippen LogP contribution in [0.2, 0.25) is 0 Å². The van der Waals surface area contributed by atoms with Crippen molar-refractivity contribution < 1.29 is 14.3 Å². The highest BCUT2D eigenvalue weighted by atomic mass is 32.1. The Balaban J connectivity index is 1.76. The number of nitrogens with zero attached hydrogens (tertiary/aromatic N) is 1. The maximum absolute atomic E-state index is 12.4. The maximum Gasteiger partial charge on any atom is 0.275 e. The van der Waals surface area contributed by atoms with Crippen LogP contribution in [0.1, 0.15) is 24.3 Å². The molecule has 0 fully saturated rings. The molecule has 3 rings (SSSR count). The smallest absolute Gasteiger partial charge is 0.275 e. The van der Waals surface area contributed by atoms with Crippen LogP contribution in [0, 0.1) is 5.92 Å². The highest BCUT2D eigenvalue weighted by Gasteiger charge is 2.14. The van der Waals surface area contributed by atoms with Crippen molar-refractivity contribution in [1.82, 2.24) is 4.98 Å². The lowest BCUT2D eigenvalue weighted by atomic mass is 10.2. The molecule has 1 aromatic heterocycles. The van der Waals surface area contributed by atoms with E-state index in [-0.39, 0.29) is 5.91 Å². The van der Waals surface area contributed by atoms with Crippen molar-refractivity contribution in [1.29, 1.82) is 0 Å². The maximum atomic E-state index is 12.4. The Labute approximate surface area is 163 Å². The lowest BCUT2D eigenvalue weighted by Gasteiger charge is -2.13. The van der Waals surface area contributed by atoms with Gasteiger partial charge in [-0.05, 0) is 36.2 Å². The molecular formula is C21H22N2O3S. The van der Waals surface area contributed by atoms with Gasteiger partial charge in [0.2, 0.25) is 0 Å². The highest BCUT2D eigenvalue weighted by Crippen LogP contribution is 2.34. The van der Waals surface area contributed by atoms with E-state index in [2.05, 4.69) is 24.1 Å². The van der Waals surface area contributed by atoms with E-state index in [0.717, 1.165) is 16.3 Å². The summed E-state index contributed by atoms with van der Waals surface area (Å²) in [6, 6.07) is 15.0. The molecule has 5 nitrogen and oxygen atoms in total. The Hall–Kier alpha value is -2.86. The standard InChI is InChI=1S/C21H22N2O3S/c1-14(2)12-26-18-10-9-15(11-19(18)25-3)21-23-17(13-27-21)20(24)22-16-7-5-4-6-8-16/h4-11,13-14H,12H2,1-3H3,(H,22,24). The van der Waals surface area contributed by atoms with Gasteiger partial charge in [0.05, 0.1) is 13.7 Å². The number of hydrogen-bond acceptors (Lipinski definition) is 5. The Kier molecular flexibility index (Phi) is 6.08. The van der Waals surface area contributed by atoms with Gasteiger partial charge in [0, 0.05) is 16.6 Å². The third kappa shape index (κ3) is 4.86. The quantitative estimate of drug-likeness (QED) is 0.617. The second-order valence-electron chi connectivity index (χ2n) is 6.43. The van der Waals surface area contributed by atoms with Gasteiger partial charge in [-0.2, -0.15) is 0 Å². The molecule has 140 valence electrons. The summed E-state index contributed by atoms with van der Waals surface area (Å²) in [5.41, 5.74) is 2.01. The zero-order chi connectivity index (χ0) is 19.2. The van der Waals surface area contributed by atoms with Gasteiger partial charge in [-0.15, -0.1) is 11.3 Å². The Bertz CT molecular complexity index is 907. The van der Waals surface area contributed by atoms with Crippen LogP contribution in [0.5, 0.6) is 11.5 Å². The molecule has 0 aliphatic carbocycles. The van der Waals surface area contributed by atoms with E-state index in [0.29, 0.717) is 29.7 Å². The lowest BCUT2D eigenvalue weighted by molar-refractivity contribution is 0.102. The SMILES string of the molecule is COc1cc(-c2nc(C(=O)Nc3ccccc3)cs2)ccc1OCC(C)C. The van der Waals surface area contributed by atoms with Crippen LogP contribution >= 0.6 is 11.3 Å². The van der Waals surface area contributed by atoms with Crippen molar-refractivity contribution in [2.45, 2.75) is 13.8 Å². The number of nitrogens with one attached hydrogen (secondary N) is 1. The van der Waals surface area contributed by atoms with E-state index in [1.807, 2.05) is 48.5 Å². The summed E-state index contributed by atoms with van der Waals surface area (Å²) in [7, 11) is 1.61. The van der Waals surface area contributed by atoms with E-state index in [1.54, 1.807) is 12.5 Å². The van der Waals surface area contributed by atoms with E-state index < -0.39 is 0 Å². The first-order valence-corrected chi connectivity index (χ1v) is 9.58. The first-order valence-electron chi connectivity index (χ1n) is 8.70. The zero-order valence-electron chi connectivity index (χ0n) is 15.6. The van der Waals surface area contributed by atoms with Gasteiger partial charge in [0.1, 0.15) is 10.7 Å². The number of benzene rings is 2. The minimum atomic E-state index is -0.229. The van der Waals surface area contributed by atoms with Crippen molar-refractivity contribution >= 4 is 22.9 Å². The normalized spacial score (nSPS) is 10.7. The van der Waals surface area contributed by atoms with Crippen LogP contribution < -0.4 is 14.8 Å². The zero-order valence-corrected chi connectivity index (χ0v) is 16.4. The molecule has 6 heteroatoms. The number of carbonyl (C=O) groups is 1. The summed E-state index contributed by atoms with van der Waals surface area (Å²) in [6.45, 7) is 4.81. The first kappa shape index (κ1) is 18.9. The van der Waals surface area contributed by atoms with Gasteiger partial charge in [-0.25, -0.2) is 4.98 Å². The van der Waals surface area contributed by atoms with Crippen LogP contribution in [-0.4, -0.2) is 24.6 Å². The molecule has 27 heavy (non-hydrogen) atoms. The molecule has 0 aliphatic heterocycles. The van der Waals surface area contributed by atoms with Crippen molar-refractivity contribution in [2.75, 3.05) is 19.0 Å². The first-order chi connectivity index (χ1) is 13.1. The van der Waals surface area contributed by atoms with Gasteiger partial charge >= 0.3 is 0 Å². The molecule has 1 N–H and O–H groups in total. The highest BCUT2D eigenvalue weighted by molar-refractivity contribution is 7.13. The molecule has 2 aromatic carbocycles. The van der Waals surface area contributed by atoms with Gasteiger partial charge in [0.15, 0.2) is 11.5 Å². The van der Waals surface area contributed by atoms with Crippen LogP contribution in [0.25, 0.3) is 10.6 Å². The number of methoxy groups -OCH3 is 1. The molecule has 0 atom stereocenters. The summed E-state index contributed by atoms with van der Waals surface area (Å²) in [4.78, 5) is 16.8. The number of carbonyl (C=O) groups excluding carboxylic acids is 1. The molecule has 3 aromatic rings. The number of aromatic nitrogens is 1. The number of para-hydroxylation sites is 1. The van der Waals surface area contributed by atoms with Crippen LogP contribution in [0.3, 0.4) is 0 Å². The van der Waals surface area contributed by atoms with E-state index in [9.17, 15) is 4.79 Å². The second-order valence-corrected chi connectivity index (χ2v) is 7.29. The van der Waals surface area contributed by atoms with Gasteiger partial charge in [-0.3, -0.25) is 4.79 Å². The average molecular weight is 382 g/mol. The molecular weight excluding hydrogens is 360 g/mol. The van der Waals surface area contributed by atoms with E-state index in [1.165, 1.54) is 11.3 Å². The second kappa shape index (κ2) is 8.68. The van der Waals surface area contributed by atoms with Crippen LogP contribution in [-0.2, 0) is 0 Å². The molecule has 0 saturated heterocycles. The fourth-order valence-corrected chi connectivity index (χ4v) is 3.20. The predicted molar refractivity (Wildman–Crippen MR) is 109 cm³/mol. The van der Waals surface area contributed by atoms with Crippen molar-refractivity contribution in [3.63, 3.8) is 0 Å². The van der Waals surface area contributed by atoms with Crippen LogP contribution in [0.15, 0.2) is 53.9 Å². The molecule has 0 spiro atoms. The largest absolute Gasteiger partial charge is 0.493 e. The fourth-order valence-electron chi connectivity index (χ4n) is 2.40.